The molecular formula is C14H18BrN3O6S. The SMILES string of the molecule is CC(C)NS(=O)(=O)c1ccc(Br)c(C(=O)O[C@H](C)C(=O)NC(N)=O)c1. The van der Waals surface area contributed by atoms with Gasteiger partial charge in [-0.3, -0.25) is 10.1 Å². The third-order valence-corrected chi connectivity index (χ3v) is 5.11. The van der Waals surface area contributed by atoms with Gasteiger partial charge in [0.2, 0.25) is 10.0 Å². The van der Waals surface area contributed by atoms with Crippen molar-refractivity contribution in [1.29, 1.82) is 0 Å². The molecule has 0 aromatic heterocycles. The zero-order valence-corrected chi connectivity index (χ0v) is 16.1. The van der Waals surface area contributed by atoms with Gasteiger partial charge in [0.15, 0.2) is 6.10 Å². The van der Waals surface area contributed by atoms with Gasteiger partial charge in [0, 0.05) is 10.5 Å². The van der Waals surface area contributed by atoms with E-state index in [1.807, 2.05) is 0 Å². The van der Waals surface area contributed by atoms with E-state index in [1.165, 1.54) is 19.1 Å². The summed E-state index contributed by atoms with van der Waals surface area (Å²) in [4.78, 5) is 34.3. The second kappa shape index (κ2) is 8.41. The number of carbonyl (C=O) groups excluding carboxylic acids is 3. The number of primary amides is 1. The third-order valence-electron chi connectivity index (χ3n) is 2.76. The lowest BCUT2D eigenvalue weighted by atomic mass is 10.2. The molecule has 0 unspecified atom stereocenters. The van der Waals surface area contributed by atoms with Crippen LogP contribution < -0.4 is 15.8 Å². The molecule has 1 aromatic rings. The number of carbonyl (C=O) groups is 3. The van der Waals surface area contributed by atoms with Gasteiger partial charge < -0.3 is 10.5 Å². The molecule has 138 valence electrons. The Bertz CT molecular complexity index is 794. The van der Waals surface area contributed by atoms with Crippen LogP contribution in [-0.4, -0.2) is 38.5 Å². The fraction of sp³-hybridized carbons (Fsp3) is 0.357. The molecule has 0 aliphatic heterocycles. The predicted octanol–water partition coefficient (Wildman–Crippen LogP) is 0.876. The fourth-order valence-electron chi connectivity index (χ4n) is 1.71. The van der Waals surface area contributed by atoms with Gasteiger partial charge in [0.05, 0.1) is 10.5 Å². The summed E-state index contributed by atoms with van der Waals surface area (Å²) in [5.41, 5.74) is 4.72. The van der Waals surface area contributed by atoms with Gasteiger partial charge in [0.25, 0.3) is 5.91 Å². The number of ether oxygens (including phenoxy) is 1. The molecule has 4 N–H and O–H groups in total. The summed E-state index contributed by atoms with van der Waals surface area (Å²) in [5, 5.41) is 1.78. The van der Waals surface area contributed by atoms with E-state index in [4.69, 9.17) is 10.5 Å². The first-order valence-electron chi connectivity index (χ1n) is 7.07. The highest BCUT2D eigenvalue weighted by atomic mass is 79.9. The maximum atomic E-state index is 12.2. The van der Waals surface area contributed by atoms with Gasteiger partial charge >= 0.3 is 12.0 Å². The van der Waals surface area contributed by atoms with E-state index >= 15 is 0 Å². The van der Waals surface area contributed by atoms with Gasteiger partial charge in [-0.05, 0) is 54.9 Å². The largest absolute Gasteiger partial charge is 0.449 e. The Morgan fingerprint density at radius 3 is 2.32 bits per heavy atom. The fourth-order valence-corrected chi connectivity index (χ4v) is 3.39. The maximum absolute atomic E-state index is 12.2. The van der Waals surface area contributed by atoms with Gasteiger partial charge in [-0.25, -0.2) is 22.7 Å². The van der Waals surface area contributed by atoms with Crippen LogP contribution in [0.2, 0.25) is 0 Å². The second-order valence-electron chi connectivity index (χ2n) is 5.32. The minimum absolute atomic E-state index is 0.0923. The van der Waals surface area contributed by atoms with E-state index in [0.717, 1.165) is 6.07 Å². The van der Waals surface area contributed by atoms with Gasteiger partial charge in [0.1, 0.15) is 0 Å². The Labute approximate surface area is 153 Å². The summed E-state index contributed by atoms with van der Waals surface area (Å²) < 4.78 is 32.0. The van der Waals surface area contributed by atoms with Crippen molar-refractivity contribution in [2.24, 2.45) is 5.73 Å². The maximum Gasteiger partial charge on any atom is 0.340 e. The minimum atomic E-state index is -3.81. The number of urea groups is 1. The molecule has 25 heavy (non-hydrogen) atoms. The lowest BCUT2D eigenvalue weighted by Crippen LogP contribution is -2.42. The van der Waals surface area contributed by atoms with Crippen LogP contribution in [0, 0.1) is 0 Å². The number of amides is 3. The highest BCUT2D eigenvalue weighted by Crippen LogP contribution is 2.22. The second-order valence-corrected chi connectivity index (χ2v) is 7.89. The number of imide groups is 1. The zero-order chi connectivity index (χ0) is 19.4. The molecule has 0 bridgehead atoms. The van der Waals surface area contributed by atoms with E-state index in [-0.39, 0.29) is 21.0 Å². The van der Waals surface area contributed by atoms with E-state index in [2.05, 4.69) is 20.7 Å². The Kier molecular flexibility index (Phi) is 7.08. The van der Waals surface area contributed by atoms with E-state index in [9.17, 15) is 22.8 Å². The van der Waals surface area contributed by atoms with Gasteiger partial charge in [-0.15, -0.1) is 0 Å². The summed E-state index contributed by atoms with van der Waals surface area (Å²) in [6, 6.07) is 2.40. The minimum Gasteiger partial charge on any atom is -0.449 e. The van der Waals surface area contributed by atoms with Crippen molar-refractivity contribution in [3.8, 4) is 0 Å². The topological polar surface area (TPSA) is 145 Å². The summed E-state index contributed by atoms with van der Waals surface area (Å²) >= 11 is 3.13. The standard InChI is InChI=1S/C14H18BrN3O6S/c1-7(2)18-25(22,23)9-4-5-11(15)10(6-9)13(20)24-8(3)12(19)17-14(16)21/h4-8,18H,1-3H3,(H3,16,17,19,21)/t8-/m1/s1. The Morgan fingerprint density at radius 2 is 1.80 bits per heavy atom. The Balaban J connectivity index is 3.05. The normalized spacial score (nSPS) is 12.5. The summed E-state index contributed by atoms with van der Waals surface area (Å²) in [7, 11) is -3.81. The molecule has 0 radical (unpaired) electrons. The Hall–Kier alpha value is -1.98. The van der Waals surface area contributed by atoms with E-state index in [0.29, 0.717) is 0 Å². The van der Waals surface area contributed by atoms with Crippen molar-refractivity contribution in [2.75, 3.05) is 0 Å². The van der Waals surface area contributed by atoms with E-state index < -0.39 is 34.0 Å². The van der Waals surface area contributed by atoms with Crippen molar-refractivity contribution in [3.63, 3.8) is 0 Å². The number of esters is 1. The lowest BCUT2D eigenvalue weighted by Gasteiger charge is -2.14. The Morgan fingerprint density at radius 1 is 1.20 bits per heavy atom. The highest BCUT2D eigenvalue weighted by Gasteiger charge is 2.24. The lowest BCUT2D eigenvalue weighted by molar-refractivity contribution is -0.127. The molecule has 0 spiro atoms. The van der Waals surface area contributed by atoms with Crippen molar-refractivity contribution in [3.05, 3.63) is 28.2 Å². The zero-order valence-electron chi connectivity index (χ0n) is 13.7. The summed E-state index contributed by atoms with van der Waals surface area (Å²) in [5.74, 6) is -1.84. The average molecular weight is 436 g/mol. The van der Waals surface area contributed by atoms with Crippen molar-refractivity contribution >= 4 is 43.9 Å². The van der Waals surface area contributed by atoms with Crippen LogP contribution in [0.5, 0.6) is 0 Å². The number of nitrogens with one attached hydrogen (secondary N) is 2. The van der Waals surface area contributed by atoms with Crippen LogP contribution in [0.1, 0.15) is 31.1 Å². The van der Waals surface area contributed by atoms with Crippen LogP contribution in [0.25, 0.3) is 0 Å². The molecule has 3 amide bonds. The first-order valence-corrected chi connectivity index (χ1v) is 9.35. The van der Waals surface area contributed by atoms with Crippen molar-refractivity contribution < 1.29 is 27.5 Å². The molecule has 9 nitrogen and oxygen atoms in total. The molecule has 11 heteroatoms. The molecule has 1 atom stereocenters. The number of hydrogen-bond donors (Lipinski definition) is 3. The first-order chi connectivity index (χ1) is 11.4. The molecular weight excluding hydrogens is 418 g/mol. The molecule has 0 fully saturated rings. The summed E-state index contributed by atoms with van der Waals surface area (Å²) in [6.45, 7) is 4.56. The number of sulfonamides is 1. The number of nitrogens with two attached hydrogens (primary N) is 1. The average Bonchev–Trinajstić information content (AvgIpc) is 2.45. The third kappa shape index (κ3) is 6.11. The van der Waals surface area contributed by atoms with Gasteiger partial charge in [-0.1, -0.05) is 0 Å². The van der Waals surface area contributed by atoms with Crippen LogP contribution >= 0.6 is 15.9 Å². The van der Waals surface area contributed by atoms with Crippen LogP contribution in [0.3, 0.4) is 0 Å². The van der Waals surface area contributed by atoms with Crippen molar-refractivity contribution in [2.45, 2.75) is 37.8 Å². The molecule has 0 aliphatic carbocycles. The summed E-state index contributed by atoms with van der Waals surface area (Å²) in [6.07, 6.45) is -1.30. The molecule has 0 saturated heterocycles. The number of rotatable bonds is 6. The smallest absolute Gasteiger partial charge is 0.340 e. The number of benzene rings is 1. The quantitative estimate of drug-likeness (QED) is 0.565. The number of halogens is 1. The molecule has 0 heterocycles. The number of hydrogen-bond acceptors (Lipinski definition) is 6. The first kappa shape index (κ1) is 21.1. The van der Waals surface area contributed by atoms with Gasteiger partial charge in [-0.2, -0.15) is 0 Å². The van der Waals surface area contributed by atoms with Crippen LogP contribution in [0.4, 0.5) is 4.79 Å². The monoisotopic (exact) mass is 435 g/mol. The van der Waals surface area contributed by atoms with Crippen LogP contribution in [0.15, 0.2) is 27.6 Å². The van der Waals surface area contributed by atoms with E-state index in [1.54, 1.807) is 19.2 Å². The van der Waals surface area contributed by atoms with Crippen molar-refractivity contribution in [1.82, 2.24) is 10.0 Å². The van der Waals surface area contributed by atoms with Crippen LogP contribution in [-0.2, 0) is 19.6 Å². The molecule has 1 rings (SSSR count). The predicted molar refractivity (Wildman–Crippen MR) is 92.2 cm³/mol. The molecule has 1 aromatic carbocycles. The molecule has 0 aliphatic rings. The highest BCUT2D eigenvalue weighted by molar-refractivity contribution is 9.10. The molecule has 0 saturated carbocycles.